The first kappa shape index (κ1) is 24.5. The lowest BCUT2D eigenvalue weighted by Crippen LogP contribution is -2.29. The number of aliphatic hydroxyl groups is 1. The average molecular weight is 521 g/mol. The van der Waals surface area contributed by atoms with Gasteiger partial charge in [-0.05, 0) is 55.3 Å². The molecule has 1 aromatic heterocycles. The van der Waals surface area contributed by atoms with Gasteiger partial charge >= 0.3 is 11.9 Å². The number of hydrogen-bond donors (Lipinski definition) is 1. The van der Waals surface area contributed by atoms with Gasteiger partial charge in [0.1, 0.15) is 28.2 Å². The molecule has 37 heavy (non-hydrogen) atoms. The number of hydrogen-bond acceptors (Lipinski definition) is 9. The summed E-state index contributed by atoms with van der Waals surface area (Å²) in [6.07, 6.45) is 0.677. The third-order valence-electron chi connectivity index (χ3n) is 6.41. The molecule has 0 bridgehead atoms. The number of methoxy groups -OCH3 is 2. The number of ether oxygens (including phenoxy) is 3. The number of anilines is 1. The molecule has 3 aromatic rings. The number of rotatable bonds is 5. The Labute approximate surface area is 216 Å². The van der Waals surface area contributed by atoms with Crippen molar-refractivity contribution in [1.29, 1.82) is 0 Å². The van der Waals surface area contributed by atoms with Crippen LogP contribution in [0.2, 0.25) is 0 Å². The van der Waals surface area contributed by atoms with Crippen LogP contribution >= 0.6 is 11.3 Å². The molecule has 0 unspecified atom stereocenters. The van der Waals surface area contributed by atoms with E-state index in [1.807, 2.05) is 6.92 Å². The van der Waals surface area contributed by atoms with Crippen LogP contribution in [-0.2, 0) is 20.7 Å². The Balaban J connectivity index is 1.68. The van der Waals surface area contributed by atoms with Crippen LogP contribution in [-0.4, -0.2) is 48.1 Å². The maximum atomic E-state index is 13.4. The zero-order valence-corrected chi connectivity index (χ0v) is 21.4. The van der Waals surface area contributed by atoms with Crippen molar-refractivity contribution in [3.8, 4) is 11.5 Å². The van der Waals surface area contributed by atoms with Gasteiger partial charge in [-0.1, -0.05) is 23.5 Å². The van der Waals surface area contributed by atoms with Gasteiger partial charge in [0, 0.05) is 12.0 Å². The second-order valence-electron chi connectivity index (χ2n) is 8.80. The maximum Gasteiger partial charge on any atom is 0.350 e. The van der Waals surface area contributed by atoms with E-state index < -0.39 is 23.7 Å². The van der Waals surface area contributed by atoms with Crippen molar-refractivity contribution in [2.24, 2.45) is 0 Å². The lowest BCUT2D eigenvalue weighted by Gasteiger charge is -2.23. The Hall–Kier alpha value is -4.18. The summed E-state index contributed by atoms with van der Waals surface area (Å²) < 4.78 is 15.8. The van der Waals surface area contributed by atoms with Gasteiger partial charge < -0.3 is 19.3 Å². The normalized spacial score (nSPS) is 20.1. The van der Waals surface area contributed by atoms with Gasteiger partial charge in [0.15, 0.2) is 5.13 Å². The summed E-state index contributed by atoms with van der Waals surface area (Å²) in [7, 11) is 2.79. The zero-order valence-electron chi connectivity index (χ0n) is 20.6. The fourth-order valence-corrected chi connectivity index (χ4v) is 5.64. The minimum Gasteiger partial charge on any atom is -0.507 e. The van der Waals surface area contributed by atoms with E-state index in [1.165, 1.54) is 19.1 Å². The summed E-state index contributed by atoms with van der Waals surface area (Å²) >= 11 is 0.949. The van der Waals surface area contributed by atoms with Crippen molar-refractivity contribution in [3.05, 3.63) is 75.3 Å². The molecule has 1 fully saturated rings. The van der Waals surface area contributed by atoms with E-state index in [-0.39, 0.29) is 27.4 Å². The first-order valence-corrected chi connectivity index (χ1v) is 12.4. The molecule has 2 aliphatic heterocycles. The van der Waals surface area contributed by atoms with Gasteiger partial charge in [0.2, 0.25) is 0 Å². The number of amides is 1. The lowest BCUT2D eigenvalue weighted by atomic mass is 9.94. The van der Waals surface area contributed by atoms with E-state index >= 15 is 0 Å². The molecule has 1 N–H and O–H groups in total. The summed E-state index contributed by atoms with van der Waals surface area (Å²) in [6, 6.07) is 11.0. The number of nitrogens with zero attached hydrogens (tertiary/aromatic N) is 2. The van der Waals surface area contributed by atoms with E-state index in [4.69, 9.17) is 14.2 Å². The largest absolute Gasteiger partial charge is 0.507 e. The molecule has 0 spiro atoms. The number of carbonyl (C=O) groups excluding carboxylic acids is 3. The monoisotopic (exact) mass is 520 g/mol. The van der Waals surface area contributed by atoms with Crippen molar-refractivity contribution in [2.45, 2.75) is 32.4 Å². The van der Waals surface area contributed by atoms with Crippen molar-refractivity contribution in [1.82, 2.24) is 4.98 Å². The number of fused-ring (bicyclic) bond motifs is 1. The first-order valence-electron chi connectivity index (χ1n) is 11.5. The molecular weight excluding hydrogens is 496 g/mol. The van der Waals surface area contributed by atoms with E-state index in [0.717, 1.165) is 22.6 Å². The standard InChI is InChI=1S/C27H24N2O7S/c1-13-11-17-12-16(7-10-19(17)36-13)22(30)20-21(15-5-8-18(34-3)9-6-15)29(25(32)23(20)31)27-28-14(2)24(37-27)26(33)35-4/h5-10,12-13,21,30H,11H2,1-4H3/t13-,21-/m0/s1. The molecule has 2 aliphatic rings. The minimum atomic E-state index is -0.981. The van der Waals surface area contributed by atoms with Crippen LogP contribution in [0.1, 0.15) is 45.0 Å². The van der Waals surface area contributed by atoms with Crippen LogP contribution in [0.5, 0.6) is 11.5 Å². The minimum absolute atomic E-state index is 0.00873. The number of Topliss-reactive ketones (excluding diaryl/α,β-unsaturated/α-hetero) is 1. The Morgan fingerprint density at radius 2 is 1.89 bits per heavy atom. The molecule has 1 saturated heterocycles. The number of carbonyl (C=O) groups is 3. The highest BCUT2D eigenvalue weighted by atomic mass is 32.1. The van der Waals surface area contributed by atoms with E-state index in [0.29, 0.717) is 29.0 Å². The summed E-state index contributed by atoms with van der Waals surface area (Å²) in [5.74, 6) is -1.28. The highest BCUT2D eigenvalue weighted by Crippen LogP contribution is 2.44. The molecule has 0 saturated carbocycles. The number of thiazole rings is 1. The average Bonchev–Trinajstić information content (AvgIpc) is 3.55. The molecule has 0 aliphatic carbocycles. The topological polar surface area (TPSA) is 115 Å². The van der Waals surface area contributed by atoms with Crippen LogP contribution in [0.15, 0.2) is 48.0 Å². The van der Waals surface area contributed by atoms with Gasteiger partial charge in [-0.3, -0.25) is 14.5 Å². The quantitative estimate of drug-likeness (QED) is 0.230. The van der Waals surface area contributed by atoms with Crippen LogP contribution in [0.25, 0.3) is 5.76 Å². The van der Waals surface area contributed by atoms with Crippen molar-refractivity contribution in [2.75, 3.05) is 19.1 Å². The number of aliphatic hydroxyl groups excluding tert-OH is 1. The van der Waals surface area contributed by atoms with E-state index in [1.54, 1.807) is 49.4 Å². The molecular formula is C27H24N2O7S. The molecule has 0 radical (unpaired) electrons. The summed E-state index contributed by atoms with van der Waals surface area (Å²) in [6.45, 7) is 3.58. The molecule has 9 nitrogen and oxygen atoms in total. The molecule has 190 valence electrons. The van der Waals surface area contributed by atoms with Crippen LogP contribution < -0.4 is 14.4 Å². The SMILES string of the molecule is COC(=O)c1sc(N2C(=O)C(=O)C(=C(O)c3ccc4c(c3)C[C@H](C)O4)[C@@H]2c2ccc(OC)cc2)nc1C. The molecule has 1 amide bonds. The predicted molar refractivity (Wildman–Crippen MR) is 136 cm³/mol. The van der Waals surface area contributed by atoms with Gasteiger partial charge in [-0.15, -0.1) is 0 Å². The second-order valence-corrected chi connectivity index (χ2v) is 9.78. The van der Waals surface area contributed by atoms with Crippen molar-refractivity contribution >= 4 is 39.9 Å². The summed E-state index contributed by atoms with van der Waals surface area (Å²) in [5.41, 5.74) is 2.17. The number of benzene rings is 2. The van der Waals surface area contributed by atoms with Gasteiger partial charge in [0.25, 0.3) is 5.78 Å². The molecule has 2 aromatic carbocycles. The third-order valence-corrected chi connectivity index (χ3v) is 7.54. The first-order chi connectivity index (χ1) is 17.7. The second kappa shape index (κ2) is 9.36. The van der Waals surface area contributed by atoms with Crippen molar-refractivity contribution < 1.29 is 33.7 Å². The van der Waals surface area contributed by atoms with Gasteiger partial charge in [-0.25, -0.2) is 9.78 Å². The Kier molecular flexibility index (Phi) is 6.20. The van der Waals surface area contributed by atoms with Crippen LogP contribution in [0.3, 0.4) is 0 Å². The predicted octanol–water partition coefficient (Wildman–Crippen LogP) is 4.20. The fourth-order valence-electron chi connectivity index (χ4n) is 4.62. The Morgan fingerprint density at radius 3 is 2.57 bits per heavy atom. The number of aryl methyl sites for hydroxylation is 1. The zero-order chi connectivity index (χ0) is 26.4. The molecule has 2 atom stereocenters. The molecule has 10 heteroatoms. The van der Waals surface area contributed by atoms with Gasteiger partial charge in [0.05, 0.1) is 31.5 Å². The third kappa shape index (κ3) is 4.13. The summed E-state index contributed by atoms with van der Waals surface area (Å²) in [5, 5.41) is 11.6. The number of ketones is 1. The fraction of sp³-hybridized carbons (Fsp3) is 0.259. The Bertz CT molecular complexity index is 1460. The van der Waals surface area contributed by atoms with Crippen molar-refractivity contribution in [3.63, 3.8) is 0 Å². The number of aromatic nitrogens is 1. The molecule has 3 heterocycles. The molecule has 5 rings (SSSR count). The Morgan fingerprint density at radius 1 is 1.16 bits per heavy atom. The smallest absolute Gasteiger partial charge is 0.350 e. The van der Waals surface area contributed by atoms with Crippen LogP contribution in [0, 0.1) is 6.92 Å². The highest BCUT2D eigenvalue weighted by Gasteiger charge is 2.48. The van der Waals surface area contributed by atoms with Crippen LogP contribution in [0.4, 0.5) is 5.13 Å². The maximum absolute atomic E-state index is 13.4. The lowest BCUT2D eigenvalue weighted by molar-refractivity contribution is -0.132. The summed E-state index contributed by atoms with van der Waals surface area (Å²) in [4.78, 5) is 44.8. The van der Waals surface area contributed by atoms with E-state index in [9.17, 15) is 19.5 Å². The number of esters is 1. The highest BCUT2D eigenvalue weighted by molar-refractivity contribution is 7.17. The van der Waals surface area contributed by atoms with Gasteiger partial charge in [-0.2, -0.15) is 0 Å². The van der Waals surface area contributed by atoms with E-state index in [2.05, 4.69) is 4.98 Å².